The van der Waals surface area contributed by atoms with Gasteiger partial charge in [-0.1, -0.05) is 23.7 Å². The largest absolute Gasteiger partial charge is 0.457 e. The number of hydrogen-bond donors (Lipinski definition) is 1. The highest BCUT2D eigenvalue weighted by Gasteiger charge is 2.15. The number of rotatable bonds is 3. The summed E-state index contributed by atoms with van der Waals surface area (Å²) in [5, 5.41) is 9.08. The Hall–Kier alpha value is -2.51. The lowest BCUT2D eigenvalue weighted by atomic mass is 10.1. The van der Waals surface area contributed by atoms with Crippen LogP contribution in [0.1, 0.15) is 27.0 Å². The number of nitrogens with two attached hydrogens (primary N) is 1. The molecule has 0 aliphatic heterocycles. The molecule has 0 aromatic heterocycles. The van der Waals surface area contributed by atoms with E-state index >= 15 is 0 Å². The first kappa shape index (κ1) is 14.9. The van der Waals surface area contributed by atoms with Crippen molar-refractivity contribution >= 4 is 23.3 Å². The number of aryl methyl sites for hydroxylation is 1. The molecule has 4 nitrogen and oxygen atoms in total. The maximum Gasteiger partial charge on any atom is 0.342 e. The zero-order valence-corrected chi connectivity index (χ0v) is 12.1. The van der Waals surface area contributed by atoms with E-state index in [-0.39, 0.29) is 22.9 Å². The molecule has 5 heteroatoms. The average molecular weight is 301 g/mol. The highest BCUT2D eigenvalue weighted by molar-refractivity contribution is 6.34. The van der Waals surface area contributed by atoms with Gasteiger partial charge in [-0.05, 0) is 42.3 Å². The molecule has 0 bridgehead atoms. The zero-order valence-electron chi connectivity index (χ0n) is 11.4. The van der Waals surface area contributed by atoms with Crippen LogP contribution in [0.2, 0.25) is 5.02 Å². The molecule has 0 amide bonds. The van der Waals surface area contributed by atoms with Crippen molar-refractivity contribution in [3.05, 3.63) is 63.7 Å². The van der Waals surface area contributed by atoms with Gasteiger partial charge in [0.25, 0.3) is 0 Å². The Labute approximate surface area is 127 Å². The van der Waals surface area contributed by atoms with Crippen LogP contribution >= 0.6 is 11.6 Å². The van der Waals surface area contributed by atoms with Gasteiger partial charge in [-0.2, -0.15) is 5.26 Å². The number of esters is 1. The predicted octanol–water partition coefficient (Wildman–Crippen LogP) is 3.46. The van der Waals surface area contributed by atoms with Gasteiger partial charge in [-0.3, -0.25) is 0 Å². The Morgan fingerprint density at radius 1 is 1.38 bits per heavy atom. The lowest BCUT2D eigenvalue weighted by molar-refractivity contribution is 0.0473. The van der Waals surface area contributed by atoms with Crippen LogP contribution < -0.4 is 5.73 Å². The molecule has 2 aromatic rings. The quantitative estimate of drug-likeness (QED) is 0.695. The van der Waals surface area contributed by atoms with Crippen LogP contribution in [0.15, 0.2) is 36.4 Å². The van der Waals surface area contributed by atoms with E-state index in [4.69, 9.17) is 27.3 Å². The summed E-state index contributed by atoms with van der Waals surface area (Å²) in [4.78, 5) is 12.1. The third kappa shape index (κ3) is 3.33. The van der Waals surface area contributed by atoms with E-state index in [0.717, 1.165) is 11.1 Å². The third-order valence-corrected chi connectivity index (χ3v) is 3.40. The van der Waals surface area contributed by atoms with Gasteiger partial charge >= 0.3 is 5.97 Å². The van der Waals surface area contributed by atoms with Gasteiger partial charge in [0.2, 0.25) is 0 Å². The smallest absolute Gasteiger partial charge is 0.342 e. The van der Waals surface area contributed by atoms with Crippen molar-refractivity contribution in [1.82, 2.24) is 0 Å². The minimum absolute atomic E-state index is 0.0983. The fraction of sp³-hybridized carbons (Fsp3) is 0.125. The molecule has 0 fully saturated rings. The molecule has 2 aromatic carbocycles. The summed E-state index contributed by atoms with van der Waals surface area (Å²) in [6.07, 6.45) is 0. The number of carbonyl (C=O) groups excluding carboxylic acids is 1. The summed E-state index contributed by atoms with van der Waals surface area (Å²) in [5.41, 5.74) is 8.47. The van der Waals surface area contributed by atoms with Crippen LogP contribution in [-0.4, -0.2) is 5.97 Å². The number of anilines is 1. The van der Waals surface area contributed by atoms with E-state index < -0.39 is 5.97 Å². The average Bonchev–Trinajstić information content (AvgIpc) is 2.45. The molecule has 0 saturated carbocycles. The maximum absolute atomic E-state index is 12.1. The van der Waals surface area contributed by atoms with Gasteiger partial charge in [0, 0.05) is 5.69 Å². The second-order valence-electron chi connectivity index (χ2n) is 4.53. The van der Waals surface area contributed by atoms with Crippen LogP contribution in [0, 0.1) is 18.3 Å². The summed E-state index contributed by atoms with van der Waals surface area (Å²) in [6.45, 7) is 1.95. The fourth-order valence-corrected chi connectivity index (χ4v) is 2.16. The van der Waals surface area contributed by atoms with Crippen molar-refractivity contribution in [1.29, 1.82) is 5.26 Å². The molecule has 21 heavy (non-hydrogen) atoms. The van der Waals surface area contributed by atoms with Gasteiger partial charge in [-0.15, -0.1) is 0 Å². The molecule has 0 heterocycles. The Bertz CT molecular complexity index is 715. The van der Waals surface area contributed by atoms with Crippen molar-refractivity contribution in [3.8, 4) is 6.07 Å². The molecular weight excluding hydrogens is 288 g/mol. The van der Waals surface area contributed by atoms with Gasteiger partial charge in [0.15, 0.2) is 0 Å². The number of nitrogen functional groups attached to an aromatic ring is 1. The highest BCUT2D eigenvalue weighted by atomic mass is 35.5. The second kappa shape index (κ2) is 6.29. The lowest BCUT2D eigenvalue weighted by Crippen LogP contribution is -2.09. The molecule has 0 atom stereocenters. The Morgan fingerprint density at radius 3 is 2.76 bits per heavy atom. The van der Waals surface area contributed by atoms with Crippen LogP contribution in [-0.2, 0) is 11.3 Å². The Kier molecular flexibility index (Phi) is 4.46. The van der Waals surface area contributed by atoms with Crippen LogP contribution in [0.4, 0.5) is 5.69 Å². The van der Waals surface area contributed by atoms with Gasteiger partial charge in [0.05, 0.1) is 16.7 Å². The zero-order chi connectivity index (χ0) is 15.4. The molecule has 0 aliphatic carbocycles. The van der Waals surface area contributed by atoms with E-state index in [1.165, 1.54) is 0 Å². The molecule has 0 aliphatic rings. The molecule has 0 spiro atoms. The number of hydrogen-bond acceptors (Lipinski definition) is 4. The summed E-state index contributed by atoms with van der Waals surface area (Å²) in [6, 6.07) is 12.1. The van der Waals surface area contributed by atoms with Gasteiger partial charge < -0.3 is 10.5 Å². The number of ether oxygens (including phenoxy) is 1. The monoisotopic (exact) mass is 300 g/mol. The molecule has 0 saturated heterocycles. The standard InChI is InChI=1S/C16H13ClN2O2/c1-10-7-11(8-18)5-6-12(10)9-21-16(20)15-13(17)3-2-4-14(15)19/h2-7H,9,19H2,1H3. The number of benzene rings is 2. The van der Waals surface area contributed by atoms with Crippen LogP contribution in [0.3, 0.4) is 0 Å². The fourth-order valence-electron chi connectivity index (χ4n) is 1.90. The van der Waals surface area contributed by atoms with E-state index in [0.29, 0.717) is 5.56 Å². The summed E-state index contributed by atoms with van der Waals surface area (Å²) in [5.74, 6) is -0.568. The van der Waals surface area contributed by atoms with E-state index in [2.05, 4.69) is 6.07 Å². The van der Waals surface area contributed by atoms with E-state index in [9.17, 15) is 4.79 Å². The van der Waals surface area contributed by atoms with Gasteiger partial charge in [-0.25, -0.2) is 4.79 Å². The minimum Gasteiger partial charge on any atom is -0.457 e. The number of nitrogens with zero attached hydrogens (tertiary/aromatic N) is 1. The van der Waals surface area contributed by atoms with Crippen molar-refractivity contribution < 1.29 is 9.53 Å². The molecule has 0 radical (unpaired) electrons. The van der Waals surface area contributed by atoms with Crippen molar-refractivity contribution in [3.63, 3.8) is 0 Å². The normalized spacial score (nSPS) is 9.95. The number of carbonyl (C=O) groups is 1. The predicted molar refractivity (Wildman–Crippen MR) is 80.9 cm³/mol. The van der Waals surface area contributed by atoms with E-state index in [1.807, 2.05) is 6.92 Å². The Balaban J connectivity index is 2.13. The molecule has 2 N–H and O–H groups in total. The SMILES string of the molecule is Cc1cc(C#N)ccc1COC(=O)c1c(N)cccc1Cl. The van der Waals surface area contributed by atoms with Crippen molar-refractivity contribution in [2.75, 3.05) is 5.73 Å². The summed E-state index contributed by atoms with van der Waals surface area (Å²) in [7, 11) is 0. The maximum atomic E-state index is 12.1. The topological polar surface area (TPSA) is 76.1 Å². The van der Waals surface area contributed by atoms with Crippen LogP contribution in [0.25, 0.3) is 0 Å². The first-order valence-corrected chi connectivity index (χ1v) is 6.61. The Morgan fingerprint density at radius 2 is 2.14 bits per heavy atom. The van der Waals surface area contributed by atoms with Crippen molar-refractivity contribution in [2.45, 2.75) is 13.5 Å². The first-order chi connectivity index (χ1) is 10.0. The third-order valence-electron chi connectivity index (χ3n) is 3.08. The minimum atomic E-state index is -0.568. The molecular formula is C16H13ClN2O2. The molecule has 0 unspecified atom stereocenters. The summed E-state index contributed by atoms with van der Waals surface area (Å²) < 4.78 is 5.24. The summed E-state index contributed by atoms with van der Waals surface area (Å²) >= 11 is 5.96. The highest BCUT2D eigenvalue weighted by Crippen LogP contribution is 2.23. The van der Waals surface area contributed by atoms with Crippen molar-refractivity contribution in [2.24, 2.45) is 0 Å². The van der Waals surface area contributed by atoms with E-state index in [1.54, 1.807) is 36.4 Å². The number of nitriles is 1. The molecule has 106 valence electrons. The molecule has 2 rings (SSSR count). The number of halogens is 1. The lowest BCUT2D eigenvalue weighted by Gasteiger charge is -2.10. The second-order valence-corrected chi connectivity index (χ2v) is 4.94. The van der Waals surface area contributed by atoms with Crippen LogP contribution in [0.5, 0.6) is 0 Å². The van der Waals surface area contributed by atoms with Gasteiger partial charge in [0.1, 0.15) is 12.2 Å². The first-order valence-electron chi connectivity index (χ1n) is 6.23.